The number of aromatic nitrogens is 1. The van der Waals surface area contributed by atoms with Gasteiger partial charge in [0.2, 0.25) is 0 Å². The average Bonchev–Trinajstić information content (AvgIpc) is 2.94. The third-order valence-corrected chi connectivity index (χ3v) is 3.31. The molecule has 5 nitrogen and oxygen atoms in total. The van der Waals surface area contributed by atoms with Gasteiger partial charge in [-0.2, -0.15) is 0 Å². The van der Waals surface area contributed by atoms with E-state index in [1.54, 1.807) is 11.8 Å². The first kappa shape index (κ1) is 12.1. The van der Waals surface area contributed by atoms with Crippen LogP contribution >= 0.6 is 0 Å². The van der Waals surface area contributed by atoms with Crippen molar-refractivity contribution in [3.05, 3.63) is 17.0 Å². The molecule has 0 aromatic carbocycles. The molecule has 94 valence electrons. The largest absolute Gasteiger partial charge is 0.396 e. The predicted octanol–water partition coefficient (Wildman–Crippen LogP) is 1.000. The summed E-state index contributed by atoms with van der Waals surface area (Å²) in [5, 5.41) is 13.0. The smallest absolute Gasteiger partial charge is 0.259 e. The zero-order chi connectivity index (χ0) is 12.4. The first-order valence-corrected chi connectivity index (χ1v) is 6.02. The molecular weight excluding hydrogens is 220 g/mol. The Kier molecular flexibility index (Phi) is 3.47. The van der Waals surface area contributed by atoms with E-state index in [1.165, 1.54) is 0 Å². The van der Waals surface area contributed by atoms with Crippen molar-refractivity contribution in [2.75, 3.05) is 19.7 Å². The molecule has 5 heteroatoms. The first-order valence-electron chi connectivity index (χ1n) is 6.02. The van der Waals surface area contributed by atoms with Gasteiger partial charge < -0.3 is 14.5 Å². The van der Waals surface area contributed by atoms with Gasteiger partial charge in [0.1, 0.15) is 11.3 Å². The quantitative estimate of drug-likeness (QED) is 0.853. The third kappa shape index (κ3) is 2.20. The van der Waals surface area contributed by atoms with Crippen LogP contribution in [0.4, 0.5) is 0 Å². The van der Waals surface area contributed by atoms with Gasteiger partial charge in [-0.3, -0.25) is 4.79 Å². The Balaban J connectivity index is 2.17. The van der Waals surface area contributed by atoms with E-state index < -0.39 is 0 Å². The molecule has 17 heavy (non-hydrogen) atoms. The second kappa shape index (κ2) is 4.87. The molecule has 1 fully saturated rings. The normalized spacial score (nSPS) is 19.9. The minimum atomic E-state index is -0.0171. The number of amides is 1. The highest BCUT2D eigenvalue weighted by molar-refractivity contribution is 5.96. The Morgan fingerprint density at radius 2 is 2.41 bits per heavy atom. The molecule has 2 heterocycles. The Morgan fingerprint density at radius 3 is 3.00 bits per heavy atom. The summed E-state index contributed by atoms with van der Waals surface area (Å²) in [7, 11) is 0. The van der Waals surface area contributed by atoms with Gasteiger partial charge >= 0.3 is 0 Å². The van der Waals surface area contributed by atoms with Crippen LogP contribution in [0.25, 0.3) is 0 Å². The van der Waals surface area contributed by atoms with E-state index in [0.717, 1.165) is 12.1 Å². The van der Waals surface area contributed by atoms with Crippen LogP contribution in [0.5, 0.6) is 0 Å². The fourth-order valence-corrected chi connectivity index (χ4v) is 2.26. The minimum Gasteiger partial charge on any atom is -0.396 e. The van der Waals surface area contributed by atoms with Crippen molar-refractivity contribution in [3.63, 3.8) is 0 Å². The van der Waals surface area contributed by atoms with Crippen molar-refractivity contribution in [2.45, 2.75) is 26.7 Å². The number of rotatable bonds is 3. The second-order valence-electron chi connectivity index (χ2n) is 4.50. The predicted molar refractivity (Wildman–Crippen MR) is 61.7 cm³/mol. The molecule has 1 aromatic heterocycles. The van der Waals surface area contributed by atoms with Crippen LogP contribution in [0.15, 0.2) is 4.52 Å². The summed E-state index contributed by atoms with van der Waals surface area (Å²) in [6.45, 7) is 5.20. The number of likely N-dealkylation sites (tertiary alicyclic amines) is 1. The lowest BCUT2D eigenvalue weighted by molar-refractivity contribution is 0.0779. The van der Waals surface area contributed by atoms with Crippen LogP contribution in [-0.2, 0) is 6.42 Å². The fourth-order valence-electron chi connectivity index (χ4n) is 2.26. The Morgan fingerprint density at radius 1 is 1.65 bits per heavy atom. The number of carbonyl (C=O) groups excluding carboxylic acids is 1. The van der Waals surface area contributed by atoms with Crippen molar-refractivity contribution >= 4 is 5.91 Å². The molecule has 1 N–H and O–H groups in total. The SMILES string of the molecule is CCc1noc(C)c1C(=O)N1CCC(CO)C1. The second-order valence-corrected chi connectivity index (χ2v) is 4.50. The van der Waals surface area contributed by atoms with Crippen LogP contribution in [0.2, 0.25) is 0 Å². The topological polar surface area (TPSA) is 66.6 Å². The van der Waals surface area contributed by atoms with Crippen molar-refractivity contribution in [2.24, 2.45) is 5.92 Å². The molecule has 1 amide bonds. The number of carbonyl (C=O) groups is 1. The van der Waals surface area contributed by atoms with E-state index in [9.17, 15) is 4.79 Å². The van der Waals surface area contributed by atoms with Crippen molar-refractivity contribution < 1.29 is 14.4 Å². The Labute approximate surface area is 100 Å². The molecule has 1 unspecified atom stereocenters. The molecule has 1 saturated heterocycles. The lowest BCUT2D eigenvalue weighted by Crippen LogP contribution is -2.30. The summed E-state index contributed by atoms with van der Waals surface area (Å²) in [5.74, 6) is 0.778. The molecule has 0 radical (unpaired) electrons. The summed E-state index contributed by atoms with van der Waals surface area (Å²) >= 11 is 0. The lowest BCUT2D eigenvalue weighted by atomic mass is 10.1. The zero-order valence-corrected chi connectivity index (χ0v) is 10.3. The van der Waals surface area contributed by atoms with Gasteiger partial charge in [0.05, 0.1) is 5.69 Å². The molecule has 0 saturated carbocycles. The number of aliphatic hydroxyl groups excluding tert-OH is 1. The maximum absolute atomic E-state index is 12.3. The van der Waals surface area contributed by atoms with Crippen LogP contribution in [0.1, 0.15) is 35.2 Å². The minimum absolute atomic E-state index is 0.0171. The molecule has 1 atom stereocenters. The average molecular weight is 238 g/mol. The van der Waals surface area contributed by atoms with Gasteiger partial charge in [-0.1, -0.05) is 12.1 Å². The standard InChI is InChI=1S/C12H18N2O3/c1-3-10-11(8(2)17-13-10)12(16)14-5-4-9(6-14)7-15/h9,15H,3-7H2,1-2H3. The van der Waals surface area contributed by atoms with Crippen molar-refractivity contribution in [1.29, 1.82) is 0 Å². The van der Waals surface area contributed by atoms with E-state index in [4.69, 9.17) is 9.63 Å². The van der Waals surface area contributed by atoms with Crippen LogP contribution in [-0.4, -0.2) is 40.8 Å². The van der Waals surface area contributed by atoms with Crippen molar-refractivity contribution in [1.82, 2.24) is 10.1 Å². The van der Waals surface area contributed by atoms with Crippen LogP contribution < -0.4 is 0 Å². The number of hydrogen-bond acceptors (Lipinski definition) is 4. The zero-order valence-electron chi connectivity index (χ0n) is 10.3. The van der Waals surface area contributed by atoms with Crippen LogP contribution in [0.3, 0.4) is 0 Å². The molecule has 1 aromatic rings. The van der Waals surface area contributed by atoms with Gasteiger partial charge in [-0.25, -0.2) is 0 Å². The van der Waals surface area contributed by atoms with Gasteiger partial charge in [0.15, 0.2) is 0 Å². The summed E-state index contributed by atoms with van der Waals surface area (Å²) in [4.78, 5) is 14.1. The molecular formula is C12H18N2O3. The maximum Gasteiger partial charge on any atom is 0.259 e. The van der Waals surface area contributed by atoms with E-state index >= 15 is 0 Å². The number of aryl methyl sites for hydroxylation is 2. The highest BCUT2D eigenvalue weighted by Gasteiger charge is 2.30. The molecule has 1 aliphatic heterocycles. The van der Waals surface area contributed by atoms with Gasteiger partial charge in [0, 0.05) is 25.6 Å². The van der Waals surface area contributed by atoms with Crippen molar-refractivity contribution in [3.8, 4) is 0 Å². The van der Waals surface area contributed by atoms with E-state index in [1.807, 2.05) is 6.92 Å². The summed E-state index contributed by atoms with van der Waals surface area (Å²) in [6, 6.07) is 0. The Hall–Kier alpha value is -1.36. The summed E-state index contributed by atoms with van der Waals surface area (Å²) < 4.78 is 5.07. The highest BCUT2D eigenvalue weighted by atomic mass is 16.5. The molecule has 0 bridgehead atoms. The maximum atomic E-state index is 12.3. The highest BCUT2D eigenvalue weighted by Crippen LogP contribution is 2.22. The molecule has 1 aliphatic rings. The first-order chi connectivity index (χ1) is 8.17. The van der Waals surface area contributed by atoms with E-state index in [2.05, 4.69) is 5.16 Å². The van der Waals surface area contributed by atoms with Gasteiger partial charge in [-0.05, 0) is 19.8 Å². The Bertz CT molecular complexity index is 414. The lowest BCUT2D eigenvalue weighted by Gasteiger charge is -2.15. The molecule has 0 spiro atoms. The number of aliphatic hydroxyl groups is 1. The van der Waals surface area contributed by atoms with E-state index in [-0.39, 0.29) is 18.4 Å². The monoisotopic (exact) mass is 238 g/mol. The van der Waals surface area contributed by atoms with Crippen LogP contribution in [0, 0.1) is 12.8 Å². The number of nitrogens with zero attached hydrogens (tertiary/aromatic N) is 2. The third-order valence-electron chi connectivity index (χ3n) is 3.31. The summed E-state index contributed by atoms with van der Waals surface area (Å²) in [5.41, 5.74) is 1.33. The molecule has 2 rings (SSSR count). The summed E-state index contributed by atoms with van der Waals surface area (Å²) in [6.07, 6.45) is 1.56. The fraction of sp³-hybridized carbons (Fsp3) is 0.667. The van der Waals surface area contributed by atoms with Gasteiger partial charge in [0.25, 0.3) is 5.91 Å². The van der Waals surface area contributed by atoms with E-state index in [0.29, 0.717) is 30.8 Å². The van der Waals surface area contributed by atoms with Gasteiger partial charge in [-0.15, -0.1) is 0 Å². The molecule has 0 aliphatic carbocycles. The number of hydrogen-bond donors (Lipinski definition) is 1.